The highest BCUT2D eigenvalue weighted by Crippen LogP contribution is 2.30. The van der Waals surface area contributed by atoms with Crippen LogP contribution >= 0.6 is 0 Å². The van der Waals surface area contributed by atoms with Gasteiger partial charge < -0.3 is 10.5 Å². The van der Waals surface area contributed by atoms with Gasteiger partial charge in [0.05, 0.1) is 25.8 Å². The summed E-state index contributed by atoms with van der Waals surface area (Å²) in [4.78, 5) is 11.3. The molecule has 18 heavy (non-hydrogen) atoms. The molecule has 1 unspecified atom stereocenters. The van der Waals surface area contributed by atoms with Gasteiger partial charge in [0, 0.05) is 5.69 Å². The molecule has 0 bridgehead atoms. The highest BCUT2D eigenvalue weighted by molar-refractivity contribution is 5.69. The number of nitrogens with two attached hydrogens (primary N) is 1. The quantitative estimate of drug-likeness (QED) is 0.799. The molecule has 2 rings (SSSR count). The van der Waals surface area contributed by atoms with E-state index >= 15 is 0 Å². The van der Waals surface area contributed by atoms with Crippen LogP contribution in [-0.4, -0.2) is 28.9 Å². The summed E-state index contributed by atoms with van der Waals surface area (Å²) in [6, 6.07) is 0. The lowest BCUT2D eigenvalue weighted by Crippen LogP contribution is -2.19. The first-order valence-corrected chi connectivity index (χ1v) is 6.66. The monoisotopic (exact) mass is 251 g/mol. The summed E-state index contributed by atoms with van der Waals surface area (Å²) in [5.74, 6) is 0.276. The molecule has 1 aliphatic carbocycles. The molecule has 0 fully saturated rings. The lowest BCUT2D eigenvalue weighted by Gasteiger charge is -2.21. The van der Waals surface area contributed by atoms with E-state index in [-0.39, 0.29) is 5.97 Å². The van der Waals surface area contributed by atoms with Gasteiger partial charge in [0.2, 0.25) is 0 Å². The molecule has 0 aromatic carbocycles. The summed E-state index contributed by atoms with van der Waals surface area (Å²) in [5, 5.41) is 4.38. The summed E-state index contributed by atoms with van der Waals surface area (Å²) in [6.45, 7) is 3.53. The van der Waals surface area contributed by atoms with Gasteiger partial charge in [-0.2, -0.15) is 5.10 Å². The number of hydrogen-bond acceptors (Lipinski definition) is 4. The Labute approximate surface area is 107 Å². The summed E-state index contributed by atoms with van der Waals surface area (Å²) >= 11 is 0. The molecular weight excluding hydrogens is 230 g/mol. The maximum atomic E-state index is 11.3. The van der Waals surface area contributed by atoms with E-state index in [9.17, 15) is 4.79 Å². The van der Waals surface area contributed by atoms with Crippen molar-refractivity contribution in [2.24, 2.45) is 5.73 Å². The van der Waals surface area contributed by atoms with Crippen molar-refractivity contribution in [2.75, 3.05) is 13.2 Å². The van der Waals surface area contributed by atoms with E-state index in [1.54, 1.807) is 0 Å². The van der Waals surface area contributed by atoms with E-state index in [1.165, 1.54) is 11.3 Å². The molecule has 5 nitrogen and oxygen atoms in total. The van der Waals surface area contributed by atoms with Gasteiger partial charge in [-0.3, -0.25) is 9.48 Å². The maximum Gasteiger partial charge on any atom is 0.307 e. The van der Waals surface area contributed by atoms with Gasteiger partial charge in [-0.05, 0) is 44.2 Å². The van der Waals surface area contributed by atoms with Crippen molar-refractivity contribution in [2.45, 2.75) is 45.1 Å². The molecule has 1 aromatic rings. The van der Waals surface area contributed by atoms with E-state index in [4.69, 9.17) is 10.5 Å². The fourth-order valence-electron chi connectivity index (χ4n) is 2.58. The molecule has 0 amide bonds. The minimum Gasteiger partial charge on any atom is -0.466 e. The maximum absolute atomic E-state index is 11.3. The normalized spacial score (nSPS) is 18.4. The molecule has 1 aromatic heterocycles. The predicted molar refractivity (Wildman–Crippen MR) is 68.2 cm³/mol. The number of rotatable bonds is 5. The summed E-state index contributed by atoms with van der Waals surface area (Å²) in [6.07, 6.45) is 5.63. The Hall–Kier alpha value is -1.36. The predicted octanol–water partition coefficient (Wildman–Crippen LogP) is 1.21. The first-order chi connectivity index (χ1) is 8.76. The minimum absolute atomic E-state index is 0.159. The Morgan fingerprint density at radius 1 is 1.67 bits per heavy atom. The van der Waals surface area contributed by atoms with E-state index in [0.29, 0.717) is 32.0 Å². The van der Waals surface area contributed by atoms with Crippen molar-refractivity contribution in [3.05, 3.63) is 17.5 Å². The van der Waals surface area contributed by atoms with Crippen LogP contribution in [0.25, 0.3) is 0 Å². The third-order valence-electron chi connectivity index (χ3n) is 3.50. The average Bonchev–Trinajstić information content (AvgIpc) is 2.79. The third kappa shape index (κ3) is 2.72. The van der Waals surface area contributed by atoms with Gasteiger partial charge in [0.1, 0.15) is 0 Å². The molecule has 0 spiro atoms. The highest BCUT2D eigenvalue weighted by atomic mass is 16.5. The van der Waals surface area contributed by atoms with E-state index in [0.717, 1.165) is 19.3 Å². The molecule has 0 aliphatic heterocycles. The summed E-state index contributed by atoms with van der Waals surface area (Å²) < 4.78 is 6.87. The number of ether oxygens (including phenoxy) is 1. The van der Waals surface area contributed by atoms with Gasteiger partial charge in [0.25, 0.3) is 0 Å². The van der Waals surface area contributed by atoms with E-state index < -0.39 is 0 Å². The van der Waals surface area contributed by atoms with Crippen molar-refractivity contribution < 1.29 is 9.53 Å². The van der Waals surface area contributed by atoms with Crippen LogP contribution in [0, 0.1) is 0 Å². The van der Waals surface area contributed by atoms with E-state index in [1.807, 2.05) is 17.8 Å². The van der Waals surface area contributed by atoms with Crippen LogP contribution in [-0.2, 0) is 22.5 Å². The minimum atomic E-state index is -0.159. The SMILES string of the molecule is CCOC(=O)CCn1ncc2c1CCCC2CN. The largest absolute Gasteiger partial charge is 0.466 e. The first kappa shape index (κ1) is 13.1. The van der Waals surface area contributed by atoms with Gasteiger partial charge >= 0.3 is 5.97 Å². The van der Waals surface area contributed by atoms with Crippen LogP contribution in [0.5, 0.6) is 0 Å². The second-order valence-corrected chi connectivity index (χ2v) is 4.65. The van der Waals surface area contributed by atoms with Crippen LogP contribution in [0.3, 0.4) is 0 Å². The zero-order chi connectivity index (χ0) is 13.0. The number of carbonyl (C=O) groups is 1. The molecule has 100 valence electrons. The Bertz CT molecular complexity index is 414. The number of esters is 1. The Kier molecular flexibility index (Phi) is 4.36. The molecule has 1 aliphatic rings. The fourth-order valence-corrected chi connectivity index (χ4v) is 2.58. The molecule has 2 N–H and O–H groups in total. The van der Waals surface area contributed by atoms with Gasteiger partial charge in [0.15, 0.2) is 0 Å². The number of aromatic nitrogens is 2. The van der Waals surface area contributed by atoms with Crippen LogP contribution in [0.1, 0.15) is 43.4 Å². The van der Waals surface area contributed by atoms with Gasteiger partial charge in [-0.25, -0.2) is 0 Å². The highest BCUT2D eigenvalue weighted by Gasteiger charge is 2.23. The topological polar surface area (TPSA) is 70.1 Å². The molecule has 0 saturated heterocycles. The smallest absolute Gasteiger partial charge is 0.307 e. The molecule has 1 atom stereocenters. The summed E-state index contributed by atoms with van der Waals surface area (Å²) in [5.41, 5.74) is 8.30. The Morgan fingerprint density at radius 2 is 2.50 bits per heavy atom. The van der Waals surface area contributed by atoms with Crippen molar-refractivity contribution >= 4 is 5.97 Å². The zero-order valence-corrected chi connectivity index (χ0v) is 10.9. The zero-order valence-electron chi connectivity index (χ0n) is 10.9. The number of carbonyl (C=O) groups excluding carboxylic acids is 1. The van der Waals surface area contributed by atoms with Crippen molar-refractivity contribution in [1.29, 1.82) is 0 Å². The Balaban J connectivity index is 2.02. The molecule has 1 heterocycles. The molecule has 0 radical (unpaired) electrons. The van der Waals surface area contributed by atoms with Crippen molar-refractivity contribution in [1.82, 2.24) is 9.78 Å². The lowest BCUT2D eigenvalue weighted by molar-refractivity contribution is -0.143. The Morgan fingerprint density at radius 3 is 3.22 bits per heavy atom. The third-order valence-corrected chi connectivity index (χ3v) is 3.50. The van der Waals surface area contributed by atoms with Crippen LogP contribution in [0.15, 0.2) is 6.20 Å². The van der Waals surface area contributed by atoms with Crippen LogP contribution < -0.4 is 5.73 Å². The van der Waals surface area contributed by atoms with Crippen molar-refractivity contribution in [3.8, 4) is 0 Å². The number of hydrogen-bond donors (Lipinski definition) is 1. The lowest BCUT2D eigenvalue weighted by atomic mass is 9.87. The fraction of sp³-hybridized carbons (Fsp3) is 0.692. The number of aryl methyl sites for hydroxylation is 1. The molecule has 5 heteroatoms. The van der Waals surface area contributed by atoms with Crippen molar-refractivity contribution in [3.63, 3.8) is 0 Å². The second kappa shape index (κ2) is 6.00. The standard InChI is InChI=1S/C13H21N3O2/c1-2-18-13(17)6-7-16-12-5-3-4-10(8-14)11(12)9-15-16/h9-10H,2-8,14H2,1H3. The average molecular weight is 251 g/mol. The second-order valence-electron chi connectivity index (χ2n) is 4.65. The van der Waals surface area contributed by atoms with Gasteiger partial charge in [-0.15, -0.1) is 0 Å². The summed E-state index contributed by atoms with van der Waals surface area (Å²) in [7, 11) is 0. The van der Waals surface area contributed by atoms with Crippen LogP contribution in [0.2, 0.25) is 0 Å². The number of fused-ring (bicyclic) bond motifs is 1. The molecule has 0 saturated carbocycles. The first-order valence-electron chi connectivity index (χ1n) is 6.66. The van der Waals surface area contributed by atoms with E-state index in [2.05, 4.69) is 5.10 Å². The van der Waals surface area contributed by atoms with Gasteiger partial charge in [-0.1, -0.05) is 0 Å². The molecular formula is C13H21N3O2. The van der Waals surface area contributed by atoms with Crippen LogP contribution in [0.4, 0.5) is 0 Å². The number of nitrogens with zero attached hydrogens (tertiary/aromatic N) is 2.